The number of nitrogens with two attached hydrogens (primary N) is 1. The zero-order valence-electron chi connectivity index (χ0n) is 14.2. The summed E-state index contributed by atoms with van der Waals surface area (Å²) >= 11 is 0. The Bertz CT molecular complexity index is 842. The van der Waals surface area contributed by atoms with Crippen LogP contribution < -0.4 is 5.73 Å². The molecule has 0 radical (unpaired) electrons. The first kappa shape index (κ1) is 15.2. The van der Waals surface area contributed by atoms with Gasteiger partial charge in [-0.2, -0.15) is 0 Å². The summed E-state index contributed by atoms with van der Waals surface area (Å²) in [5.74, 6) is 0. The molecule has 0 unspecified atom stereocenters. The molecule has 0 atom stereocenters. The number of imidazole rings is 1. The molecule has 0 aliphatic carbocycles. The number of likely N-dealkylation sites (tertiary alicyclic amines) is 1. The van der Waals surface area contributed by atoms with Gasteiger partial charge in [0.2, 0.25) is 0 Å². The second-order valence-corrected chi connectivity index (χ2v) is 6.80. The molecule has 3 heterocycles. The maximum absolute atomic E-state index is 5.85. The van der Waals surface area contributed by atoms with Crippen molar-refractivity contribution < 1.29 is 0 Å². The van der Waals surface area contributed by atoms with E-state index in [-0.39, 0.29) is 0 Å². The molecule has 24 heavy (non-hydrogen) atoms. The Morgan fingerprint density at radius 3 is 2.54 bits per heavy atom. The van der Waals surface area contributed by atoms with Crippen LogP contribution in [-0.4, -0.2) is 27.4 Å². The largest absolute Gasteiger partial charge is 0.399 e. The molecule has 0 amide bonds. The summed E-state index contributed by atoms with van der Waals surface area (Å²) in [6, 6.07) is 12.4. The van der Waals surface area contributed by atoms with E-state index in [1.807, 2.05) is 12.1 Å². The molecule has 4 heteroatoms. The number of nitrogens with zero attached hydrogens (tertiary/aromatic N) is 3. The highest BCUT2D eigenvalue weighted by molar-refractivity contribution is 5.68. The summed E-state index contributed by atoms with van der Waals surface area (Å²) in [4.78, 5) is 7.48. The summed E-state index contributed by atoms with van der Waals surface area (Å²) in [6.45, 7) is 5.42. The summed E-state index contributed by atoms with van der Waals surface area (Å²) < 4.78 is 2.24. The van der Waals surface area contributed by atoms with Crippen LogP contribution in [0.3, 0.4) is 0 Å². The van der Waals surface area contributed by atoms with Gasteiger partial charge in [-0.05, 0) is 62.7 Å². The molecule has 0 bridgehead atoms. The van der Waals surface area contributed by atoms with Gasteiger partial charge in [-0.15, -0.1) is 0 Å². The number of anilines is 1. The summed E-state index contributed by atoms with van der Waals surface area (Å²) in [6.07, 6.45) is 6.10. The van der Waals surface area contributed by atoms with E-state index >= 15 is 0 Å². The van der Waals surface area contributed by atoms with Crippen LogP contribution in [0.15, 0.2) is 42.6 Å². The predicted octanol–water partition coefficient (Wildman–Crippen LogP) is 3.88. The van der Waals surface area contributed by atoms with Gasteiger partial charge in [0.25, 0.3) is 0 Å². The number of aromatic nitrogens is 2. The fourth-order valence-corrected chi connectivity index (χ4v) is 3.55. The van der Waals surface area contributed by atoms with Gasteiger partial charge in [-0.25, -0.2) is 4.98 Å². The Kier molecular flexibility index (Phi) is 3.98. The molecule has 4 nitrogen and oxygen atoms in total. The number of fused-ring (bicyclic) bond motifs is 1. The molecule has 124 valence electrons. The molecule has 1 aliphatic rings. The average Bonchev–Trinajstić information content (AvgIpc) is 2.94. The van der Waals surface area contributed by atoms with E-state index in [1.54, 1.807) is 0 Å². The van der Waals surface area contributed by atoms with Crippen LogP contribution >= 0.6 is 0 Å². The minimum atomic E-state index is 0.788. The Labute approximate surface area is 142 Å². The molecule has 0 saturated carbocycles. The number of hydrogen-bond donors (Lipinski definition) is 1. The Hall–Kier alpha value is -2.33. The third kappa shape index (κ3) is 2.89. The van der Waals surface area contributed by atoms with Crippen LogP contribution in [0.2, 0.25) is 0 Å². The van der Waals surface area contributed by atoms with Gasteiger partial charge >= 0.3 is 0 Å². The zero-order chi connectivity index (χ0) is 16.5. The first-order valence-electron chi connectivity index (χ1n) is 8.76. The van der Waals surface area contributed by atoms with Crippen molar-refractivity contribution in [2.45, 2.75) is 32.7 Å². The molecule has 3 aromatic rings. The van der Waals surface area contributed by atoms with E-state index < -0.39 is 0 Å². The topological polar surface area (TPSA) is 46.6 Å². The summed E-state index contributed by atoms with van der Waals surface area (Å²) in [7, 11) is 0. The van der Waals surface area contributed by atoms with Gasteiger partial charge in [0.1, 0.15) is 5.65 Å². The highest BCUT2D eigenvalue weighted by atomic mass is 15.2. The fourth-order valence-electron chi connectivity index (χ4n) is 3.55. The van der Waals surface area contributed by atoms with Gasteiger partial charge in [-0.1, -0.05) is 18.6 Å². The Balaban J connectivity index is 1.81. The van der Waals surface area contributed by atoms with Gasteiger partial charge < -0.3 is 10.1 Å². The van der Waals surface area contributed by atoms with Gasteiger partial charge in [-0.3, -0.25) is 4.90 Å². The van der Waals surface area contributed by atoms with E-state index in [4.69, 9.17) is 10.7 Å². The third-order valence-electron chi connectivity index (χ3n) is 4.89. The highest BCUT2D eigenvalue weighted by Gasteiger charge is 2.18. The molecule has 1 saturated heterocycles. The van der Waals surface area contributed by atoms with Crippen LogP contribution in [0.5, 0.6) is 0 Å². The molecule has 2 N–H and O–H groups in total. The standard InChI is InChI=1S/C20H24N4/c1-15-9-12-24-18(14-23-10-3-2-4-11-23)20(22-19(24)13-15)16-5-7-17(21)8-6-16/h5-9,12-13H,2-4,10-11,14,21H2,1H3. The van der Waals surface area contributed by atoms with Crippen LogP contribution in [0.25, 0.3) is 16.9 Å². The quantitative estimate of drug-likeness (QED) is 0.745. The molecule has 1 aliphatic heterocycles. The fraction of sp³-hybridized carbons (Fsp3) is 0.350. The second kappa shape index (κ2) is 6.29. The second-order valence-electron chi connectivity index (χ2n) is 6.80. The van der Waals surface area contributed by atoms with E-state index in [9.17, 15) is 0 Å². The highest BCUT2D eigenvalue weighted by Crippen LogP contribution is 2.27. The minimum absolute atomic E-state index is 0.788. The molecule has 1 aromatic carbocycles. The maximum Gasteiger partial charge on any atom is 0.137 e. The van der Waals surface area contributed by atoms with Crippen molar-refractivity contribution in [1.29, 1.82) is 0 Å². The molecule has 0 spiro atoms. The summed E-state index contributed by atoms with van der Waals surface area (Å²) in [5.41, 5.74) is 12.4. The third-order valence-corrected chi connectivity index (χ3v) is 4.89. The van der Waals surface area contributed by atoms with Crippen LogP contribution in [0.4, 0.5) is 5.69 Å². The molecule has 2 aromatic heterocycles. The van der Waals surface area contributed by atoms with Crippen molar-refractivity contribution in [3.05, 3.63) is 53.9 Å². The molecular formula is C20H24N4. The average molecular weight is 320 g/mol. The number of nitrogen functional groups attached to an aromatic ring is 1. The molecule has 1 fully saturated rings. The van der Waals surface area contributed by atoms with Gasteiger partial charge in [0.15, 0.2) is 0 Å². The Morgan fingerprint density at radius 1 is 1.04 bits per heavy atom. The number of piperidine rings is 1. The monoisotopic (exact) mass is 320 g/mol. The zero-order valence-corrected chi connectivity index (χ0v) is 14.2. The lowest BCUT2D eigenvalue weighted by Crippen LogP contribution is -2.29. The number of hydrogen-bond acceptors (Lipinski definition) is 3. The van der Waals surface area contributed by atoms with Crippen molar-refractivity contribution in [3.8, 4) is 11.3 Å². The lowest BCUT2D eigenvalue weighted by Gasteiger charge is -2.26. The van der Waals surface area contributed by atoms with E-state index in [0.29, 0.717) is 0 Å². The Morgan fingerprint density at radius 2 is 1.79 bits per heavy atom. The van der Waals surface area contributed by atoms with E-state index in [2.05, 4.69) is 46.7 Å². The minimum Gasteiger partial charge on any atom is -0.399 e. The lowest BCUT2D eigenvalue weighted by molar-refractivity contribution is 0.218. The number of pyridine rings is 1. The number of rotatable bonds is 3. The van der Waals surface area contributed by atoms with Crippen molar-refractivity contribution in [2.75, 3.05) is 18.8 Å². The maximum atomic E-state index is 5.85. The molecule has 4 rings (SSSR count). The van der Waals surface area contributed by atoms with Crippen molar-refractivity contribution in [1.82, 2.24) is 14.3 Å². The number of benzene rings is 1. The van der Waals surface area contributed by atoms with E-state index in [1.165, 1.54) is 43.6 Å². The first-order chi connectivity index (χ1) is 11.7. The van der Waals surface area contributed by atoms with Crippen LogP contribution in [-0.2, 0) is 6.54 Å². The van der Waals surface area contributed by atoms with Crippen molar-refractivity contribution in [2.24, 2.45) is 0 Å². The van der Waals surface area contributed by atoms with Crippen LogP contribution in [0, 0.1) is 6.92 Å². The van der Waals surface area contributed by atoms with E-state index in [0.717, 1.165) is 29.1 Å². The van der Waals surface area contributed by atoms with Crippen molar-refractivity contribution >= 4 is 11.3 Å². The SMILES string of the molecule is Cc1ccn2c(CN3CCCCC3)c(-c3ccc(N)cc3)nc2c1. The molecular weight excluding hydrogens is 296 g/mol. The smallest absolute Gasteiger partial charge is 0.137 e. The number of aryl methyl sites for hydroxylation is 1. The lowest BCUT2D eigenvalue weighted by atomic mass is 10.1. The predicted molar refractivity (Wildman–Crippen MR) is 98.9 cm³/mol. The summed E-state index contributed by atoms with van der Waals surface area (Å²) in [5, 5.41) is 0. The first-order valence-corrected chi connectivity index (χ1v) is 8.76. The van der Waals surface area contributed by atoms with Crippen LogP contribution in [0.1, 0.15) is 30.5 Å². The normalized spacial score (nSPS) is 15.9. The van der Waals surface area contributed by atoms with Gasteiger partial charge in [0, 0.05) is 24.0 Å². The van der Waals surface area contributed by atoms with Crippen molar-refractivity contribution in [3.63, 3.8) is 0 Å². The van der Waals surface area contributed by atoms with Gasteiger partial charge in [0.05, 0.1) is 11.4 Å².